The number of alkyl halides is 1. The SMILES string of the molecule is C[C@@H]1C2OC(P)C(P)(OC3O[C@@H](n4cnc5c(N)cccc54)C[C@@H]3C)N(C=N)[C@H](O2)[C@@H]1F. The molecule has 3 aliphatic heterocycles. The highest BCUT2D eigenvalue weighted by molar-refractivity contribution is 7.23. The zero-order valence-corrected chi connectivity index (χ0v) is 20.1. The number of hydrogen-bond donors (Lipinski definition) is 2. The van der Waals surface area contributed by atoms with Crippen LogP contribution in [0, 0.1) is 17.2 Å². The lowest BCUT2D eigenvalue weighted by Crippen LogP contribution is -2.59. The summed E-state index contributed by atoms with van der Waals surface area (Å²) in [6.07, 6.45) is -0.515. The number of imidazole rings is 1. The van der Waals surface area contributed by atoms with Gasteiger partial charge in [0.15, 0.2) is 30.4 Å². The number of ether oxygens (including phenoxy) is 4. The monoisotopic (exact) mass is 483 g/mol. The third kappa shape index (κ3) is 3.35. The highest BCUT2D eigenvalue weighted by Crippen LogP contribution is 2.48. The summed E-state index contributed by atoms with van der Waals surface area (Å²) in [5.41, 5.74) is 6.99. The molecule has 0 aliphatic carbocycles. The normalized spacial score (nSPS) is 41.8. The molecule has 12 heteroatoms. The first-order valence-electron chi connectivity index (χ1n) is 10.6. The summed E-state index contributed by atoms with van der Waals surface area (Å²) in [6, 6.07) is 5.64. The van der Waals surface area contributed by atoms with Crippen LogP contribution in [-0.2, 0) is 18.9 Å². The zero-order valence-electron chi connectivity index (χ0n) is 17.8. The van der Waals surface area contributed by atoms with Crippen molar-refractivity contribution in [1.29, 1.82) is 5.41 Å². The number of hydrogen-bond acceptors (Lipinski definition) is 7. The van der Waals surface area contributed by atoms with E-state index in [1.807, 2.05) is 29.7 Å². The number of benzene rings is 1. The van der Waals surface area contributed by atoms with Gasteiger partial charge in [0.2, 0.25) is 0 Å². The van der Waals surface area contributed by atoms with Gasteiger partial charge in [0.25, 0.3) is 0 Å². The summed E-state index contributed by atoms with van der Waals surface area (Å²) >= 11 is 0. The molecule has 3 N–H and O–H groups in total. The van der Waals surface area contributed by atoms with Crippen molar-refractivity contribution < 1.29 is 23.3 Å². The van der Waals surface area contributed by atoms with Crippen molar-refractivity contribution in [2.24, 2.45) is 11.8 Å². The van der Waals surface area contributed by atoms with E-state index in [2.05, 4.69) is 23.5 Å². The van der Waals surface area contributed by atoms with Crippen LogP contribution >= 0.6 is 18.5 Å². The Kier molecular flexibility index (Phi) is 5.68. The molecule has 32 heavy (non-hydrogen) atoms. The van der Waals surface area contributed by atoms with Gasteiger partial charge in [0.1, 0.15) is 17.6 Å². The molecule has 11 atom stereocenters. The van der Waals surface area contributed by atoms with Gasteiger partial charge >= 0.3 is 0 Å². The zero-order chi connectivity index (χ0) is 22.8. The Hall–Kier alpha value is -1.41. The first kappa shape index (κ1) is 22.4. The summed E-state index contributed by atoms with van der Waals surface area (Å²) in [5.74, 6) is -1.04. The van der Waals surface area contributed by atoms with E-state index in [1.165, 1.54) is 4.90 Å². The summed E-state index contributed by atoms with van der Waals surface area (Å²) in [7, 11) is 5.16. The third-order valence-electron chi connectivity index (χ3n) is 6.56. The Labute approximate surface area is 190 Å². The molecule has 3 fully saturated rings. The lowest BCUT2D eigenvalue weighted by Gasteiger charge is -2.46. The maximum atomic E-state index is 14.9. The molecular formula is C20H28FN5O4P2. The summed E-state index contributed by atoms with van der Waals surface area (Å²) in [6.45, 7) is 3.76. The van der Waals surface area contributed by atoms with Crippen LogP contribution in [0.5, 0.6) is 0 Å². The number of aromatic nitrogens is 2. The summed E-state index contributed by atoms with van der Waals surface area (Å²) < 4.78 is 41.3. The number of nitrogen functional groups attached to an aromatic ring is 1. The van der Waals surface area contributed by atoms with Crippen molar-refractivity contribution >= 4 is 41.5 Å². The molecule has 2 bridgehead atoms. The van der Waals surface area contributed by atoms with Gasteiger partial charge in [-0.1, -0.05) is 29.2 Å². The number of para-hydroxylation sites is 1. The Morgan fingerprint density at radius 2 is 2.12 bits per heavy atom. The van der Waals surface area contributed by atoms with Crippen LogP contribution in [-0.4, -0.2) is 57.1 Å². The highest BCUT2D eigenvalue weighted by atomic mass is 31.0. The Morgan fingerprint density at radius 1 is 1.34 bits per heavy atom. The molecule has 0 radical (unpaired) electrons. The van der Waals surface area contributed by atoms with Crippen LogP contribution in [0.2, 0.25) is 0 Å². The fraction of sp³-hybridized carbons (Fsp3) is 0.600. The molecule has 4 heterocycles. The number of halogens is 1. The van der Waals surface area contributed by atoms with E-state index in [0.717, 1.165) is 17.4 Å². The maximum Gasteiger partial charge on any atom is 0.189 e. The fourth-order valence-electron chi connectivity index (χ4n) is 4.60. The number of nitrogens with two attached hydrogens (primary N) is 1. The lowest BCUT2D eigenvalue weighted by atomic mass is 10.1. The first-order chi connectivity index (χ1) is 15.2. The van der Waals surface area contributed by atoms with E-state index in [1.54, 1.807) is 13.3 Å². The van der Waals surface area contributed by atoms with Gasteiger partial charge in [-0.2, -0.15) is 0 Å². The molecular weight excluding hydrogens is 455 g/mol. The topological polar surface area (TPSA) is 108 Å². The van der Waals surface area contributed by atoms with E-state index in [0.29, 0.717) is 12.1 Å². The Balaban J connectivity index is 1.40. The van der Waals surface area contributed by atoms with Gasteiger partial charge in [0, 0.05) is 18.3 Å². The number of nitrogens with zero attached hydrogens (tertiary/aromatic N) is 3. The largest absolute Gasteiger partial charge is 0.397 e. The van der Waals surface area contributed by atoms with Crippen molar-refractivity contribution in [3.05, 3.63) is 24.5 Å². The molecule has 0 saturated carbocycles. The number of rotatable bonds is 4. The van der Waals surface area contributed by atoms with E-state index in [-0.39, 0.29) is 12.1 Å². The van der Waals surface area contributed by atoms with E-state index >= 15 is 0 Å². The number of fused-ring (bicyclic) bond motifs is 3. The smallest absolute Gasteiger partial charge is 0.189 e. The summed E-state index contributed by atoms with van der Waals surface area (Å²) in [4.78, 5) is 5.84. The second-order valence-corrected chi connectivity index (χ2v) is 10.1. The molecule has 174 valence electrons. The van der Waals surface area contributed by atoms with E-state index in [9.17, 15) is 4.39 Å². The van der Waals surface area contributed by atoms with Crippen LogP contribution in [0.1, 0.15) is 26.5 Å². The summed E-state index contributed by atoms with van der Waals surface area (Å²) in [5, 5.41) is 7.97. The van der Waals surface area contributed by atoms with Gasteiger partial charge in [-0.25, -0.2) is 9.37 Å². The predicted molar refractivity (Wildman–Crippen MR) is 123 cm³/mol. The molecule has 9 nitrogen and oxygen atoms in total. The molecule has 3 saturated heterocycles. The van der Waals surface area contributed by atoms with E-state index < -0.39 is 42.2 Å². The van der Waals surface area contributed by atoms with Crippen molar-refractivity contribution in [3.8, 4) is 0 Å². The van der Waals surface area contributed by atoms with Gasteiger partial charge < -0.3 is 29.2 Å². The standard InChI is InChI=1S/C20H28FN5O4P2/c1-9-6-13(25-8-24-15-11(23)4-3-5-12(15)25)27-17(9)30-20(32)19(31)29-18-10(2)14(21)16(28-18)26(20)7-22/h3-5,7-10,13-14,16-19,22H,6,23,31-32H2,1-2H3/t9-,10-,13+,14+,16+,17?,18?,19?,20?/m0/s1. The van der Waals surface area contributed by atoms with Crippen LogP contribution in [0.3, 0.4) is 0 Å². The van der Waals surface area contributed by atoms with Crippen LogP contribution in [0.4, 0.5) is 10.1 Å². The molecule has 1 aromatic heterocycles. The van der Waals surface area contributed by atoms with Crippen LogP contribution in [0.25, 0.3) is 11.0 Å². The number of anilines is 1. The first-order valence-corrected chi connectivity index (χ1v) is 11.8. The third-order valence-corrected chi connectivity index (χ3v) is 8.34. The average Bonchev–Trinajstić information content (AvgIpc) is 3.40. The molecule has 1 aromatic carbocycles. The molecule has 5 rings (SSSR count). The lowest BCUT2D eigenvalue weighted by molar-refractivity contribution is -0.248. The van der Waals surface area contributed by atoms with Crippen molar-refractivity contribution in [2.75, 3.05) is 5.73 Å². The quantitative estimate of drug-likeness (QED) is 0.298. The van der Waals surface area contributed by atoms with Crippen molar-refractivity contribution in [2.45, 2.75) is 62.8 Å². The molecule has 0 spiro atoms. The van der Waals surface area contributed by atoms with Gasteiger partial charge in [0.05, 0.1) is 23.9 Å². The Bertz CT molecular complexity index is 1030. The van der Waals surface area contributed by atoms with Crippen LogP contribution < -0.4 is 5.73 Å². The van der Waals surface area contributed by atoms with E-state index in [4.69, 9.17) is 30.1 Å². The number of nitrogens with one attached hydrogen (secondary N) is 1. The predicted octanol–water partition coefficient (Wildman–Crippen LogP) is 2.84. The molecule has 6 unspecified atom stereocenters. The second kappa shape index (κ2) is 8.12. The highest BCUT2D eigenvalue weighted by Gasteiger charge is 2.58. The molecule has 2 aromatic rings. The minimum Gasteiger partial charge on any atom is -0.397 e. The molecule has 0 amide bonds. The Morgan fingerprint density at radius 3 is 2.88 bits per heavy atom. The van der Waals surface area contributed by atoms with Gasteiger partial charge in [-0.15, -0.1) is 9.24 Å². The minimum atomic E-state index is -1.32. The van der Waals surface area contributed by atoms with Crippen molar-refractivity contribution in [3.63, 3.8) is 0 Å². The van der Waals surface area contributed by atoms with Gasteiger partial charge in [-0.05, 0) is 12.1 Å². The van der Waals surface area contributed by atoms with Gasteiger partial charge in [-0.3, -0.25) is 10.3 Å². The molecule has 3 aliphatic rings. The minimum absolute atomic E-state index is 0.0159. The van der Waals surface area contributed by atoms with Crippen molar-refractivity contribution in [1.82, 2.24) is 14.5 Å². The fourth-order valence-corrected chi connectivity index (χ4v) is 5.44. The average molecular weight is 483 g/mol. The van der Waals surface area contributed by atoms with Crippen LogP contribution in [0.15, 0.2) is 24.5 Å². The maximum absolute atomic E-state index is 14.9. The second-order valence-electron chi connectivity index (χ2n) is 8.70.